The zero-order valence-corrected chi connectivity index (χ0v) is 12.8. The van der Waals surface area contributed by atoms with Crippen molar-refractivity contribution in [3.05, 3.63) is 59.7 Å². The highest BCUT2D eigenvalue weighted by Crippen LogP contribution is 2.11. The van der Waals surface area contributed by atoms with Crippen molar-refractivity contribution in [3.63, 3.8) is 0 Å². The molecule has 2 rings (SSSR count). The third-order valence-electron chi connectivity index (χ3n) is 3.59. The minimum atomic E-state index is 0.451. The predicted octanol–water partition coefficient (Wildman–Crippen LogP) is 3.04. The zero-order chi connectivity index (χ0) is 15.1. The number of nitrogen functional groups attached to an aromatic ring is 1. The Bertz CT molecular complexity index is 534. The van der Waals surface area contributed by atoms with Crippen LogP contribution < -0.4 is 15.8 Å². The van der Waals surface area contributed by atoms with Gasteiger partial charge in [-0.15, -0.1) is 0 Å². The fraction of sp³-hybridized carbons (Fsp3) is 0.333. The number of anilines is 1. The van der Waals surface area contributed by atoms with Crippen molar-refractivity contribution < 1.29 is 4.74 Å². The molecule has 0 saturated heterocycles. The van der Waals surface area contributed by atoms with Gasteiger partial charge >= 0.3 is 0 Å². The normalized spacial score (nSPS) is 12.1. The average molecular weight is 284 g/mol. The van der Waals surface area contributed by atoms with Crippen LogP contribution in [0.15, 0.2) is 48.5 Å². The van der Waals surface area contributed by atoms with Crippen LogP contribution in [0, 0.1) is 0 Å². The topological polar surface area (TPSA) is 47.3 Å². The van der Waals surface area contributed by atoms with Crippen molar-refractivity contribution in [1.82, 2.24) is 5.32 Å². The van der Waals surface area contributed by atoms with Crippen LogP contribution in [0.25, 0.3) is 0 Å². The molecule has 0 aliphatic rings. The summed E-state index contributed by atoms with van der Waals surface area (Å²) in [6.45, 7) is 3.19. The molecule has 0 aliphatic carbocycles. The lowest BCUT2D eigenvalue weighted by molar-refractivity contribution is 0.414. The maximum atomic E-state index is 5.70. The Hall–Kier alpha value is -2.00. The maximum absolute atomic E-state index is 5.70. The van der Waals surface area contributed by atoms with Gasteiger partial charge in [0.05, 0.1) is 7.11 Å². The average Bonchev–Trinajstić information content (AvgIpc) is 2.50. The van der Waals surface area contributed by atoms with Gasteiger partial charge in [0.15, 0.2) is 0 Å². The first kappa shape index (κ1) is 15.4. The highest BCUT2D eigenvalue weighted by atomic mass is 16.5. The Kier molecular flexibility index (Phi) is 5.64. The Labute approximate surface area is 127 Å². The number of ether oxygens (including phenoxy) is 1. The van der Waals surface area contributed by atoms with Crippen LogP contribution in [0.3, 0.4) is 0 Å². The molecule has 3 nitrogen and oxygen atoms in total. The molecule has 0 aliphatic heterocycles. The van der Waals surface area contributed by atoms with Gasteiger partial charge in [-0.3, -0.25) is 0 Å². The lowest BCUT2D eigenvalue weighted by atomic mass is 10.1. The predicted molar refractivity (Wildman–Crippen MR) is 88.7 cm³/mol. The highest BCUT2D eigenvalue weighted by Gasteiger charge is 2.03. The molecule has 2 aromatic carbocycles. The molecule has 0 spiro atoms. The highest BCUT2D eigenvalue weighted by molar-refractivity contribution is 5.39. The summed E-state index contributed by atoms with van der Waals surface area (Å²) in [7, 11) is 1.69. The van der Waals surface area contributed by atoms with E-state index in [1.54, 1.807) is 7.11 Å². The minimum absolute atomic E-state index is 0.451. The van der Waals surface area contributed by atoms with Crippen molar-refractivity contribution in [2.75, 3.05) is 19.4 Å². The Morgan fingerprint density at radius 2 is 1.62 bits per heavy atom. The van der Waals surface area contributed by atoms with Crippen LogP contribution in [-0.4, -0.2) is 19.7 Å². The van der Waals surface area contributed by atoms with Gasteiger partial charge in [0.25, 0.3) is 0 Å². The third-order valence-corrected chi connectivity index (χ3v) is 3.59. The number of hydrogen-bond donors (Lipinski definition) is 2. The number of rotatable bonds is 7. The van der Waals surface area contributed by atoms with E-state index in [0.717, 1.165) is 30.8 Å². The molecule has 21 heavy (non-hydrogen) atoms. The molecule has 0 saturated carbocycles. The Balaban J connectivity index is 1.73. The van der Waals surface area contributed by atoms with E-state index in [1.807, 2.05) is 24.3 Å². The Morgan fingerprint density at radius 1 is 1.00 bits per heavy atom. The minimum Gasteiger partial charge on any atom is -0.497 e. The monoisotopic (exact) mass is 284 g/mol. The second kappa shape index (κ2) is 7.70. The summed E-state index contributed by atoms with van der Waals surface area (Å²) in [6.07, 6.45) is 2.04. The molecule has 0 bridgehead atoms. The first-order valence-electron chi connectivity index (χ1n) is 7.38. The molecule has 0 aromatic heterocycles. The van der Waals surface area contributed by atoms with E-state index in [2.05, 4.69) is 36.5 Å². The van der Waals surface area contributed by atoms with Crippen LogP contribution in [0.4, 0.5) is 5.69 Å². The fourth-order valence-corrected chi connectivity index (χ4v) is 2.33. The quantitative estimate of drug-likeness (QED) is 0.768. The van der Waals surface area contributed by atoms with Crippen LogP contribution in [0.1, 0.15) is 18.1 Å². The van der Waals surface area contributed by atoms with Crippen LogP contribution in [-0.2, 0) is 12.8 Å². The van der Waals surface area contributed by atoms with Crippen LogP contribution in [0.5, 0.6) is 5.75 Å². The van der Waals surface area contributed by atoms with Crippen molar-refractivity contribution >= 4 is 5.69 Å². The molecule has 2 aromatic rings. The van der Waals surface area contributed by atoms with Gasteiger partial charge in [-0.05, 0) is 61.7 Å². The number of methoxy groups -OCH3 is 1. The van der Waals surface area contributed by atoms with E-state index in [0.29, 0.717) is 6.04 Å². The first-order chi connectivity index (χ1) is 10.2. The third kappa shape index (κ3) is 5.12. The van der Waals surface area contributed by atoms with E-state index in [9.17, 15) is 0 Å². The molecule has 0 radical (unpaired) electrons. The zero-order valence-electron chi connectivity index (χ0n) is 12.8. The lowest BCUT2D eigenvalue weighted by Crippen LogP contribution is -2.29. The maximum Gasteiger partial charge on any atom is 0.118 e. The van der Waals surface area contributed by atoms with E-state index in [-0.39, 0.29) is 0 Å². The number of nitrogens with one attached hydrogen (secondary N) is 1. The molecule has 0 amide bonds. The van der Waals surface area contributed by atoms with Crippen molar-refractivity contribution in [2.45, 2.75) is 25.8 Å². The summed E-state index contributed by atoms with van der Waals surface area (Å²) in [5, 5.41) is 3.56. The number of benzene rings is 2. The molecule has 1 atom stereocenters. The van der Waals surface area contributed by atoms with Gasteiger partial charge in [-0.2, -0.15) is 0 Å². The lowest BCUT2D eigenvalue weighted by Gasteiger charge is -2.14. The Morgan fingerprint density at radius 3 is 2.24 bits per heavy atom. The number of hydrogen-bond acceptors (Lipinski definition) is 3. The van der Waals surface area contributed by atoms with Gasteiger partial charge in [0.2, 0.25) is 0 Å². The summed E-state index contributed by atoms with van der Waals surface area (Å²) >= 11 is 0. The summed E-state index contributed by atoms with van der Waals surface area (Å²) in [5.74, 6) is 0.906. The van der Waals surface area contributed by atoms with Crippen LogP contribution >= 0.6 is 0 Å². The summed E-state index contributed by atoms with van der Waals surface area (Å²) < 4.78 is 5.16. The van der Waals surface area contributed by atoms with E-state index in [4.69, 9.17) is 10.5 Å². The fourth-order valence-electron chi connectivity index (χ4n) is 2.33. The second-order valence-corrected chi connectivity index (χ2v) is 5.40. The van der Waals surface area contributed by atoms with E-state index < -0.39 is 0 Å². The number of nitrogens with two attached hydrogens (primary N) is 1. The molecular formula is C18H24N2O. The van der Waals surface area contributed by atoms with Gasteiger partial charge < -0.3 is 15.8 Å². The van der Waals surface area contributed by atoms with E-state index in [1.165, 1.54) is 11.1 Å². The van der Waals surface area contributed by atoms with Gasteiger partial charge in [0, 0.05) is 11.7 Å². The molecule has 0 heterocycles. The van der Waals surface area contributed by atoms with Gasteiger partial charge in [-0.1, -0.05) is 24.3 Å². The standard InChI is InChI=1S/C18H24N2O/c1-14(13-16-3-7-17(19)8-4-16)20-12-11-15-5-9-18(21-2)10-6-15/h3-10,14,20H,11-13,19H2,1-2H3. The van der Waals surface area contributed by atoms with Crippen molar-refractivity contribution in [1.29, 1.82) is 0 Å². The van der Waals surface area contributed by atoms with Crippen molar-refractivity contribution in [2.24, 2.45) is 0 Å². The van der Waals surface area contributed by atoms with Gasteiger partial charge in [0.1, 0.15) is 5.75 Å². The molecule has 3 heteroatoms. The molecular weight excluding hydrogens is 260 g/mol. The molecule has 112 valence electrons. The molecule has 3 N–H and O–H groups in total. The first-order valence-corrected chi connectivity index (χ1v) is 7.38. The van der Waals surface area contributed by atoms with Crippen molar-refractivity contribution in [3.8, 4) is 5.75 Å². The van der Waals surface area contributed by atoms with Gasteiger partial charge in [-0.25, -0.2) is 0 Å². The smallest absolute Gasteiger partial charge is 0.118 e. The largest absolute Gasteiger partial charge is 0.497 e. The second-order valence-electron chi connectivity index (χ2n) is 5.40. The summed E-state index contributed by atoms with van der Waals surface area (Å²) in [6, 6.07) is 16.8. The van der Waals surface area contributed by atoms with Crippen LogP contribution in [0.2, 0.25) is 0 Å². The summed E-state index contributed by atoms with van der Waals surface area (Å²) in [4.78, 5) is 0. The SMILES string of the molecule is COc1ccc(CCNC(C)Cc2ccc(N)cc2)cc1. The molecule has 0 fully saturated rings. The molecule has 1 unspecified atom stereocenters. The van der Waals surface area contributed by atoms with E-state index >= 15 is 0 Å². The summed E-state index contributed by atoms with van der Waals surface area (Å²) in [5.41, 5.74) is 9.15.